The van der Waals surface area contributed by atoms with Crippen molar-refractivity contribution in [3.05, 3.63) is 114 Å². The molecule has 27 heavy (non-hydrogen) atoms. The van der Waals surface area contributed by atoms with Gasteiger partial charge in [-0.2, -0.15) is 5.10 Å². The second-order valence-corrected chi connectivity index (χ2v) is 6.23. The summed E-state index contributed by atoms with van der Waals surface area (Å²) in [5.41, 5.74) is 6.41. The highest BCUT2D eigenvalue weighted by molar-refractivity contribution is 5.97. The van der Waals surface area contributed by atoms with Crippen LogP contribution in [0.4, 0.5) is 0 Å². The lowest BCUT2D eigenvalue weighted by atomic mass is 9.91. The van der Waals surface area contributed by atoms with Crippen LogP contribution in [0.3, 0.4) is 0 Å². The van der Waals surface area contributed by atoms with Gasteiger partial charge in [-0.25, -0.2) is 5.43 Å². The van der Waals surface area contributed by atoms with Crippen LogP contribution in [0.15, 0.2) is 102 Å². The smallest absolute Gasteiger partial charge is 0.252 e. The van der Waals surface area contributed by atoms with Crippen molar-refractivity contribution in [2.75, 3.05) is 0 Å². The molecule has 3 rings (SSSR count). The third kappa shape index (κ3) is 5.25. The summed E-state index contributed by atoms with van der Waals surface area (Å²) in [4.78, 5) is 12.9. The normalized spacial score (nSPS) is 11.7. The molecule has 0 spiro atoms. The first-order chi connectivity index (χ1) is 13.2. The third-order valence-electron chi connectivity index (χ3n) is 4.19. The standard InChI is InChI=1S/C24H22N2O/c1-19(17-18-20-11-5-2-6-12-20)25-26-24(27)23(21-13-7-3-8-14-21)22-15-9-4-10-16-22/h2-18,23H,1H3,(H,26,27)/b18-17-,25-19?. The summed E-state index contributed by atoms with van der Waals surface area (Å²) in [6.45, 7) is 1.86. The average molecular weight is 354 g/mol. The van der Waals surface area contributed by atoms with Crippen LogP contribution >= 0.6 is 0 Å². The van der Waals surface area contributed by atoms with Crippen molar-refractivity contribution in [1.29, 1.82) is 0 Å². The van der Waals surface area contributed by atoms with E-state index in [-0.39, 0.29) is 5.91 Å². The molecule has 0 bridgehead atoms. The molecule has 0 unspecified atom stereocenters. The van der Waals surface area contributed by atoms with Crippen LogP contribution in [-0.2, 0) is 4.79 Å². The number of hydrazone groups is 1. The molecule has 1 amide bonds. The van der Waals surface area contributed by atoms with Crippen LogP contribution in [0.1, 0.15) is 29.5 Å². The van der Waals surface area contributed by atoms with Gasteiger partial charge in [0.2, 0.25) is 0 Å². The number of nitrogens with one attached hydrogen (secondary N) is 1. The minimum atomic E-state index is -0.401. The van der Waals surface area contributed by atoms with Crippen LogP contribution in [0.5, 0.6) is 0 Å². The van der Waals surface area contributed by atoms with E-state index in [2.05, 4.69) is 10.5 Å². The van der Waals surface area contributed by atoms with Gasteiger partial charge in [0.05, 0.1) is 11.6 Å². The molecule has 3 aromatic rings. The van der Waals surface area contributed by atoms with E-state index in [1.165, 1.54) is 0 Å². The Balaban J connectivity index is 1.76. The molecule has 0 aliphatic rings. The molecule has 0 aliphatic heterocycles. The van der Waals surface area contributed by atoms with Crippen molar-refractivity contribution >= 4 is 17.7 Å². The molecular weight excluding hydrogens is 332 g/mol. The maximum Gasteiger partial charge on any atom is 0.252 e. The molecule has 0 radical (unpaired) electrons. The lowest BCUT2D eigenvalue weighted by Crippen LogP contribution is -2.26. The number of carbonyl (C=O) groups excluding carboxylic acids is 1. The van der Waals surface area contributed by atoms with Gasteiger partial charge < -0.3 is 0 Å². The second-order valence-electron chi connectivity index (χ2n) is 6.23. The monoisotopic (exact) mass is 354 g/mol. The number of carbonyl (C=O) groups is 1. The van der Waals surface area contributed by atoms with Gasteiger partial charge in [-0.15, -0.1) is 0 Å². The average Bonchev–Trinajstić information content (AvgIpc) is 2.73. The minimum absolute atomic E-state index is 0.153. The lowest BCUT2D eigenvalue weighted by molar-refractivity contribution is -0.121. The molecule has 134 valence electrons. The molecule has 3 heteroatoms. The maximum absolute atomic E-state index is 12.9. The number of nitrogens with zero attached hydrogens (tertiary/aromatic N) is 1. The molecule has 0 atom stereocenters. The van der Waals surface area contributed by atoms with Gasteiger partial charge in [-0.3, -0.25) is 4.79 Å². The largest absolute Gasteiger partial charge is 0.272 e. The van der Waals surface area contributed by atoms with Gasteiger partial charge >= 0.3 is 0 Å². The Morgan fingerprint density at radius 1 is 0.815 bits per heavy atom. The number of amides is 1. The van der Waals surface area contributed by atoms with Gasteiger partial charge in [0, 0.05) is 0 Å². The first-order valence-electron chi connectivity index (χ1n) is 8.91. The van der Waals surface area contributed by atoms with E-state index < -0.39 is 5.92 Å². The predicted molar refractivity (Wildman–Crippen MR) is 111 cm³/mol. The summed E-state index contributed by atoms with van der Waals surface area (Å²) in [7, 11) is 0. The highest BCUT2D eigenvalue weighted by atomic mass is 16.2. The maximum atomic E-state index is 12.9. The minimum Gasteiger partial charge on any atom is -0.272 e. The molecule has 0 heterocycles. The Morgan fingerprint density at radius 2 is 1.30 bits per heavy atom. The number of benzene rings is 3. The summed E-state index contributed by atoms with van der Waals surface area (Å²) in [6.07, 6.45) is 3.85. The van der Waals surface area contributed by atoms with Crippen LogP contribution in [-0.4, -0.2) is 11.6 Å². The first kappa shape index (κ1) is 18.3. The van der Waals surface area contributed by atoms with E-state index in [0.717, 1.165) is 22.4 Å². The molecule has 0 saturated heterocycles. The van der Waals surface area contributed by atoms with Crippen molar-refractivity contribution in [1.82, 2.24) is 5.43 Å². The fourth-order valence-electron chi connectivity index (χ4n) is 2.81. The van der Waals surface area contributed by atoms with Gasteiger partial charge in [0.15, 0.2) is 0 Å². The van der Waals surface area contributed by atoms with E-state index >= 15 is 0 Å². The molecule has 0 aromatic heterocycles. The van der Waals surface area contributed by atoms with Crippen molar-refractivity contribution in [3.8, 4) is 0 Å². The molecule has 0 fully saturated rings. The highest BCUT2D eigenvalue weighted by Crippen LogP contribution is 2.24. The van der Waals surface area contributed by atoms with Gasteiger partial charge in [0.1, 0.15) is 0 Å². The molecule has 0 aliphatic carbocycles. The SMILES string of the molecule is CC(/C=C\c1ccccc1)=NNC(=O)C(c1ccccc1)c1ccccc1. The zero-order valence-corrected chi connectivity index (χ0v) is 15.2. The van der Waals surface area contributed by atoms with Crippen molar-refractivity contribution in [3.63, 3.8) is 0 Å². The van der Waals surface area contributed by atoms with Crippen molar-refractivity contribution in [2.45, 2.75) is 12.8 Å². The molecule has 1 N–H and O–H groups in total. The van der Waals surface area contributed by atoms with E-state index in [1.54, 1.807) is 0 Å². The fraction of sp³-hybridized carbons (Fsp3) is 0.0833. The quantitative estimate of drug-likeness (QED) is 0.490. The Hall–Kier alpha value is -3.46. The summed E-state index contributed by atoms with van der Waals surface area (Å²) >= 11 is 0. The van der Waals surface area contributed by atoms with E-state index in [1.807, 2.05) is 110 Å². The first-order valence-corrected chi connectivity index (χ1v) is 8.91. The summed E-state index contributed by atoms with van der Waals surface area (Å²) in [5, 5.41) is 4.24. The number of hydrogen-bond donors (Lipinski definition) is 1. The zero-order chi connectivity index (χ0) is 18.9. The van der Waals surface area contributed by atoms with E-state index in [9.17, 15) is 4.79 Å². The Morgan fingerprint density at radius 3 is 1.81 bits per heavy atom. The second kappa shape index (κ2) is 9.30. The Bertz CT molecular complexity index is 877. The van der Waals surface area contributed by atoms with Crippen LogP contribution in [0.25, 0.3) is 6.08 Å². The van der Waals surface area contributed by atoms with Crippen molar-refractivity contribution < 1.29 is 4.79 Å². The zero-order valence-electron chi connectivity index (χ0n) is 15.2. The van der Waals surface area contributed by atoms with E-state index in [0.29, 0.717) is 0 Å². The molecular formula is C24H22N2O. The van der Waals surface area contributed by atoms with Gasteiger partial charge in [-0.05, 0) is 29.7 Å². The van der Waals surface area contributed by atoms with E-state index in [4.69, 9.17) is 0 Å². The fourth-order valence-corrected chi connectivity index (χ4v) is 2.81. The van der Waals surface area contributed by atoms with Gasteiger partial charge in [0.25, 0.3) is 5.91 Å². The van der Waals surface area contributed by atoms with Crippen LogP contribution in [0, 0.1) is 0 Å². The highest BCUT2D eigenvalue weighted by Gasteiger charge is 2.22. The summed E-state index contributed by atoms with van der Waals surface area (Å²) in [6, 6.07) is 29.5. The summed E-state index contributed by atoms with van der Waals surface area (Å²) < 4.78 is 0. The Labute approximate surface area is 160 Å². The number of allylic oxidation sites excluding steroid dienone is 1. The third-order valence-corrected chi connectivity index (χ3v) is 4.19. The molecule has 3 aromatic carbocycles. The van der Waals surface area contributed by atoms with Crippen LogP contribution < -0.4 is 5.43 Å². The topological polar surface area (TPSA) is 41.5 Å². The molecule has 3 nitrogen and oxygen atoms in total. The molecule has 0 saturated carbocycles. The number of hydrogen-bond acceptors (Lipinski definition) is 2. The van der Waals surface area contributed by atoms with Crippen LogP contribution in [0.2, 0.25) is 0 Å². The van der Waals surface area contributed by atoms with Crippen molar-refractivity contribution in [2.24, 2.45) is 5.10 Å². The summed E-state index contributed by atoms with van der Waals surface area (Å²) in [5.74, 6) is -0.554. The van der Waals surface area contributed by atoms with Gasteiger partial charge in [-0.1, -0.05) is 97.1 Å². The predicted octanol–water partition coefficient (Wildman–Crippen LogP) is 5.02. The lowest BCUT2D eigenvalue weighted by Gasteiger charge is -2.16. The number of rotatable bonds is 6. The Kier molecular flexibility index (Phi) is 6.31.